The second kappa shape index (κ2) is 8.59. The van der Waals surface area contributed by atoms with Crippen molar-refractivity contribution in [2.24, 2.45) is 7.05 Å². The first-order chi connectivity index (χ1) is 13.1. The molecule has 2 heterocycles. The molecule has 2 rings (SSSR count). The molecular weight excluding hydrogens is 410 g/mol. The highest BCUT2D eigenvalue weighted by Crippen LogP contribution is 2.36. The highest BCUT2D eigenvalue weighted by atomic mass is 35.5. The lowest BCUT2D eigenvalue weighted by molar-refractivity contribution is -0.119. The van der Waals surface area contributed by atoms with Crippen LogP contribution in [-0.2, 0) is 16.6 Å². The zero-order valence-corrected chi connectivity index (χ0v) is 15.7. The second-order valence-corrected chi connectivity index (χ2v) is 5.92. The molecule has 0 radical (unpaired) electrons. The SMILES string of the molecule is CCOC(=O)c1cnn(C)c1NC(=O)C(C)n1nc(C(F)F)c(Cl)c1C(F)F. The van der Waals surface area contributed by atoms with Gasteiger partial charge in [0, 0.05) is 7.05 Å². The Bertz CT molecular complexity index is 883. The first-order valence-corrected chi connectivity index (χ1v) is 8.31. The van der Waals surface area contributed by atoms with Crippen molar-refractivity contribution in [3.8, 4) is 0 Å². The fourth-order valence-electron chi connectivity index (χ4n) is 2.35. The fourth-order valence-corrected chi connectivity index (χ4v) is 2.64. The van der Waals surface area contributed by atoms with Crippen LogP contribution in [0.2, 0.25) is 5.02 Å². The van der Waals surface area contributed by atoms with E-state index in [0.717, 1.165) is 10.9 Å². The molecule has 8 nitrogen and oxygen atoms in total. The van der Waals surface area contributed by atoms with Crippen LogP contribution < -0.4 is 5.32 Å². The smallest absolute Gasteiger partial charge is 0.343 e. The van der Waals surface area contributed by atoms with Gasteiger partial charge in [-0.3, -0.25) is 9.48 Å². The van der Waals surface area contributed by atoms with E-state index in [1.54, 1.807) is 6.92 Å². The van der Waals surface area contributed by atoms with Crippen LogP contribution in [-0.4, -0.2) is 38.0 Å². The zero-order chi connectivity index (χ0) is 21.2. The van der Waals surface area contributed by atoms with Crippen molar-refractivity contribution in [2.75, 3.05) is 11.9 Å². The van der Waals surface area contributed by atoms with Crippen molar-refractivity contribution < 1.29 is 31.9 Å². The molecule has 1 N–H and O–H groups in total. The summed E-state index contributed by atoms with van der Waals surface area (Å²) in [6, 6.07) is -1.45. The van der Waals surface area contributed by atoms with Gasteiger partial charge in [-0.05, 0) is 13.8 Å². The molecule has 0 bridgehead atoms. The number of carbonyl (C=O) groups is 2. The molecule has 1 unspecified atom stereocenters. The number of nitrogens with zero attached hydrogens (tertiary/aromatic N) is 4. The standard InChI is InChI=1S/C15H16ClF4N5O3/c1-4-28-15(27)7-5-21-24(3)13(7)22-14(26)6(2)25-10(12(19)20)8(16)9(23-25)11(17)18/h5-6,11-12H,4H2,1-3H3,(H,22,26). The molecule has 0 aliphatic rings. The van der Waals surface area contributed by atoms with Crippen LogP contribution in [0.25, 0.3) is 0 Å². The number of alkyl halides is 4. The maximum absolute atomic E-state index is 13.3. The van der Waals surface area contributed by atoms with Crippen molar-refractivity contribution >= 4 is 29.3 Å². The minimum absolute atomic E-state index is 0.0544. The molecule has 1 amide bonds. The van der Waals surface area contributed by atoms with Gasteiger partial charge in [-0.25, -0.2) is 27.0 Å². The third kappa shape index (κ3) is 4.11. The Hall–Kier alpha value is -2.63. The molecule has 0 saturated carbocycles. The van der Waals surface area contributed by atoms with E-state index in [0.29, 0.717) is 4.68 Å². The molecule has 0 saturated heterocycles. The average molecular weight is 426 g/mol. The lowest BCUT2D eigenvalue weighted by atomic mass is 10.2. The largest absolute Gasteiger partial charge is 0.462 e. The molecular formula is C15H16ClF4N5O3. The Balaban J connectivity index is 2.36. The molecule has 0 fully saturated rings. The number of amides is 1. The first-order valence-electron chi connectivity index (χ1n) is 7.94. The van der Waals surface area contributed by atoms with E-state index in [1.807, 2.05) is 0 Å². The van der Waals surface area contributed by atoms with E-state index < -0.39 is 47.2 Å². The van der Waals surface area contributed by atoms with Crippen LogP contribution in [0.3, 0.4) is 0 Å². The summed E-state index contributed by atoms with van der Waals surface area (Å²) in [7, 11) is 1.42. The van der Waals surface area contributed by atoms with Crippen molar-refractivity contribution in [1.82, 2.24) is 19.6 Å². The number of esters is 1. The number of anilines is 1. The molecule has 0 aliphatic heterocycles. The summed E-state index contributed by atoms with van der Waals surface area (Å²) < 4.78 is 58.9. The van der Waals surface area contributed by atoms with Gasteiger partial charge in [-0.15, -0.1) is 0 Å². The Kier molecular flexibility index (Phi) is 6.65. The normalized spacial score (nSPS) is 12.5. The number of aromatic nitrogens is 4. The van der Waals surface area contributed by atoms with Crippen LogP contribution in [0, 0.1) is 0 Å². The van der Waals surface area contributed by atoms with Crippen molar-refractivity contribution in [2.45, 2.75) is 32.7 Å². The number of nitrogens with one attached hydrogen (secondary N) is 1. The van der Waals surface area contributed by atoms with E-state index in [9.17, 15) is 27.2 Å². The summed E-state index contributed by atoms with van der Waals surface area (Å²) in [5.41, 5.74) is -2.12. The summed E-state index contributed by atoms with van der Waals surface area (Å²) in [6.07, 6.45) is -5.29. The number of ether oxygens (including phenoxy) is 1. The van der Waals surface area contributed by atoms with Crippen LogP contribution in [0.1, 0.15) is 54.5 Å². The molecule has 13 heteroatoms. The summed E-state index contributed by atoms with van der Waals surface area (Å²) >= 11 is 5.59. The van der Waals surface area contributed by atoms with Crippen molar-refractivity contribution in [3.05, 3.63) is 28.2 Å². The molecule has 2 aromatic rings. The number of aryl methyl sites for hydroxylation is 1. The Morgan fingerprint density at radius 3 is 2.46 bits per heavy atom. The topological polar surface area (TPSA) is 91.0 Å². The minimum Gasteiger partial charge on any atom is -0.462 e. The highest BCUT2D eigenvalue weighted by Gasteiger charge is 2.32. The minimum atomic E-state index is -3.24. The van der Waals surface area contributed by atoms with Gasteiger partial charge in [-0.1, -0.05) is 11.6 Å². The van der Waals surface area contributed by atoms with Gasteiger partial charge >= 0.3 is 5.97 Å². The van der Waals surface area contributed by atoms with Crippen molar-refractivity contribution in [1.29, 1.82) is 0 Å². The zero-order valence-electron chi connectivity index (χ0n) is 14.9. The Morgan fingerprint density at radius 2 is 1.93 bits per heavy atom. The van der Waals surface area contributed by atoms with Crippen LogP contribution in [0.4, 0.5) is 23.4 Å². The summed E-state index contributed by atoms with van der Waals surface area (Å²) in [5.74, 6) is -1.72. The number of carbonyl (C=O) groups excluding carboxylic acids is 2. The monoisotopic (exact) mass is 425 g/mol. The van der Waals surface area contributed by atoms with Gasteiger partial charge in [0.05, 0.1) is 17.8 Å². The molecule has 0 aromatic carbocycles. The highest BCUT2D eigenvalue weighted by molar-refractivity contribution is 6.32. The molecule has 28 heavy (non-hydrogen) atoms. The van der Waals surface area contributed by atoms with Gasteiger partial charge in [-0.2, -0.15) is 10.2 Å². The molecule has 2 aromatic heterocycles. The number of halogens is 5. The molecule has 154 valence electrons. The summed E-state index contributed by atoms with van der Waals surface area (Å²) in [5, 5.41) is 8.64. The number of rotatable bonds is 7. The van der Waals surface area contributed by atoms with Crippen LogP contribution in [0.15, 0.2) is 6.20 Å². The Labute approximate surface area is 161 Å². The number of hydrogen-bond acceptors (Lipinski definition) is 5. The summed E-state index contributed by atoms with van der Waals surface area (Å²) in [4.78, 5) is 24.4. The molecule has 0 spiro atoms. The third-order valence-corrected chi connectivity index (χ3v) is 4.13. The van der Waals surface area contributed by atoms with E-state index >= 15 is 0 Å². The van der Waals surface area contributed by atoms with E-state index in [2.05, 4.69) is 15.5 Å². The lowest BCUT2D eigenvalue weighted by Crippen LogP contribution is -2.27. The van der Waals surface area contributed by atoms with Gasteiger partial charge in [0.25, 0.3) is 12.9 Å². The molecule has 1 atom stereocenters. The fraction of sp³-hybridized carbons (Fsp3) is 0.467. The maximum Gasteiger partial charge on any atom is 0.343 e. The van der Waals surface area contributed by atoms with Crippen LogP contribution >= 0.6 is 11.6 Å². The van der Waals surface area contributed by atoms with Crippen molar-refractivity contribution in [3.63, 3.8) is 0 Å². The van der Waals surface area contributed by atoms with E-state index in [1.165, 1.54) is 14.0 Å². The number of hydrogen-bond donors (Lipinski definition) is 1. The maximum atomic E-state index is 13.3. The van der Waals surface area contributed by atoms with Gasteiger partial charge in [0.1, 0.15) is 28.8 Å². The third-order valence-electron chi connectivity index (χ3n) is 3.75. The van der Waals surface area contributed by atoms with Crippen LogP contribution in [0.5, 0.6) is 0 Å². The van der Waals surface area contributed by atoms with Gasteiger partial charge < -0.3 is 10.1 Å². The predicted molar refractivity (Wildman–Crippen MR) is 89.7 cm³/mol. The lowest BCUT2D eigenvalue weighted by Gasteiger charge is -2.16. The molecule has 0 aliphatic carbocycles. The second-order valence-electron chi connectivity index (χ2n) is 5.55. The predicted octanol–water partition coefficient (Wildman–Crippen LogP) is 3.52. The average Bonchev–Trinajstić information content (AvgIpc) is 3.15. The van der Waals surface area contributed by atoms with E-state index in [-0.39, 0.29) is 18.0 Å². The van der Waals surface area contributed by atoms with Gasteiger partial charge in [0.15, 0.2) is 0 Å². The van der Waals surface area contributed by atoms with Gasteiger partial charge in [0.2, 0.25) is 5.91 Å². The van der Waals surface area contributed by atoms with E-state index in [4.69, 9.17) is 16.3 Å². The quantitative estimate of drug-likeness (QED) is 0.541. The summed E-state index contributed by atoms with van der Waals surface area (Å²) in [6.45, 7) is 2.83. The first kappa shape index (κ1) is 21.7. The Morgan fingerprint density at radius 1 is 1.29 bits per heavy atom.